The molecule has 0 radical (unpaired) electrons. The average molecular weight is 453 g/mol. The molecule has 1 aliphatic rings. The maximum atomic E-state index is 13.1. The second-order valence-electron chi connectivity index (χ2n) is 7.88. The lowest BCUT2D eigenvalue weighted by Gasteiger charge is -2.20. The van der Waals surface area contributed by atoms with Gasteiger partial charge in [-0.1, -0.05) is 36.4 Å². The molecule has 33 heavy (non-hydrogen) atoms. The quantitative estimate of drug-likeness (QED) is 0.449. The molecule has 1 unspecified atom stereocenters. The van der Waals surface area contributed by atoms with Crippen LogP contribution in [0, 0.1) is 0 Å². The molecule has 0 saturated heterocycles. The summed E-state index contributed by atoms with van der Waals surface area (Å²) in [6, 6.07) is 19.4. The number of carbonyl (C=O) groups is 2. The van der Waals surface area contributed by atoms with Gasteiger partial charge in [0.15, 0.2) is 0 Å². The van der Waals surface area contributed by atoms with Crippen molar-refractivity contribution >= 4 is 23.2 Å². The molecule has 8 heteroatoms. The predicted molar refractivity (Wildman–Crippen MR) is 120 cm³/mol. The van der Waals surface area contributed by atoms with Crippen LogP contribution in [0.2, 0.25) is 0 Å². The molecule has 2 amide bonds. The summed E-state index contributed by atoms with van der Waals surface area (Å²) in [6.45, 7) is 0. The molecule has 1 atom stereocenters. The van der Waals surface area contributed by atoms with E-state index in [4.69, 9.17) is 0 Å². The van der Waals surface area contributed by atoms with Gasteiger partial charge in [0.05, 0.1) is 5.56 Å². The molecule has 1 fully saturated rings. The summed E-state index contributed by atoms with van der Waals surface area (Å²) in [4.78, 5) is 25.2. The number of nitrogens with one attached hydrogen (secondary N) is 3. The van der Waals surface area contributed by atoms with Gasteiger partial charge in [-0.2, -0.15) is 13.2 Å². The van der Waals surface area contributed by atoms with Crippen molar-refractivity contribution in [2.75, 3.05) is 10.6 Å². The first kappa shape index (κ1) is 22.4. The van der Waals surface area contributed by atoms with Gasteiger partial charge in [0, 0.05) is 23.0 Å². The van der Waals surface area contributed by atoms with Crippen LogP contribution in [0.5, 0.6) is 0 Å². The van der Waals surface area contributed by atoms with E-state index in [1.165, 1.54) is 12.1 Å². The molecule has 4 rings (SSSR count). The first-order valence-corrected chi connectivity index (χ1v) is 10.5. The molecule has 0 heterocycles. The summed E-state index contributed by atoms with van der Waals surface area (Å²) in [5, 5.41) is 8.59. The van der Waals surface area contributed by atoms with Gasteiger partial charge in [-0.25, -0.2) is 0 Å². The Balaban J connectivity index is 1.52. The van der Waals surface area contributed by atoms with Crippen molar-refractivity contribution < 1.29 is 22.8 Å². The standard InChI is InChI=1S/C25H22F3N3O2/c26-25(27,28)18-7-4-8-21(15-18)31-24(33)22(16-5-2-1-3-6-16)29-19-11-9-17(10-12-19)23(32)30-20-13-14-20/h1-12,15,20,22,29H,13-14H2,(H,30,32)(H,31,33). The molecule has 0 bridgehead atoms. The van der Waals surface area contributed by atoms with E-state index >= 15 is 0 Å². The smallest absolute Gasteiger partial charge is 0.370 e. The minimum atomic E-state index is -4.51. The number of anilines is 2. The molecular weight excluding hydrogens is 431 g/mol. The Morgan fingerprint density at radius 1 is 0.848 bits per heavy atom. The predicted octanol–water partition coefficient (Wildman–Crippen LogP) is 5.39. The summed E-state index contributed by atoms with van der Waals surface area (Å²) < 4.78 is 39.1. The average Bonchev–Trinajstić information content (AvgIpc) is 3.62. The molecular formula is C25H22F3N3O2. The van der Waals surface area contributed by atoms with Crippen LogP contribution in [0.1, 0.15) is 40.4 Å². The van der Waals surface area contributed by atoms with Crippen LogP contribution in [0.4, 0.5) is 24.5 Å². The monoisotopic (exact) mass is 453 g/mol. The summed E-state index contributed by atoms with van der Waals surface area (Å²) in [5.41, 5.74) is 0.940. The Labute approximate surface area is 189 Å². The Morgan fingerprint density at radius 3 is 2.18 bits per heavy atom. The van der Waals surface area contributed by atoms with E-state index in [1.54, 1.807) is 54.6 Å². The van der Waals surface area contributed by atoms with Crippen molar-refractivity contribution in [3.8, 4) is 0 Å². The third-order valence-corrected chi connectivity index (χ3v) is 5.22. The highest BCUT2D eigenvalue weighted by Crippen LogP contribution is 2.31. The van der Waals surface area contributed by atoms with Crippen molar-refractivity contribution in [1.29, 1.82) is 0 Å². The number of alkyl halides is 3. The SMILES string of the molecule is O=C(NC1CC1)c1ccc(NC(C(=O)Nc2cccc(C(F)(F)F)c2)c2ccccc2)cc1. The van der Waals surface area contributed by atoms with Crippen LogP contribution >= 0.6 is 0 Å². The Bertz CT molecular complexity index is 1130. The van der Waals surface area contributed by atoms with E-state index in [0.29, 0.717) is 16.8 Å². The lowest BCUT2D eigenvalue weighted by atomic mass is 10.0. The van der Waals surface area contributed by atoms with Crippen LogP contribution in [0.15, 0.2) is 78.9 Å². The normalized spacial score (nSPS) is 14.3. The zero-order chi connectivity index (χ0) is 23.4. The molecule has 1 saturated carbocycles. The number of benzene rings is 3. The van der Waals surface area contributed by atoms with E-state index in [-0.39, 0.29) is 17.6 Å². The van der Waals surface area contributed by atoms with Crippen LogP contribution in [0.25, 0.3) is 0 Å². The maximum absolute atomic E-state index is 13.1. The molecule has 3 aromatic carbocycles. The molecule has 1 aliphatic carbocycles. The van der Waals surface area contributed by atoms with Crippen LogP contribution < -0.4 is 16.0 Å². The van der Waals surface area contributed by atoms with E-state index in [0.717, 1.165) is 25.0 Å². The largest absolute Gasteiger partial charge is 0.416 e. The lowest BCUT2D eigenvalue weighted by molar-refractivity contribution is -0.137. The summed E-state index contributed by atoms with van der Waals surface area (Å²) in [7, 11) is 0. The third kappa shape index (κ3) is 5.91. The molecule has 170 valence electrons. The van der Waals surface area contributed by atoms with Crippen molar-refractivity contribution in [1.82, 2.24) is 5.32 Å². The van der Waals surface area contributed by atoms with Crippen LogP contribution in [-0.4, -0.2) is 17.9 Å². The summed E-state index contributed by atoms with van der Waals surface area (Å²) in [5.74, 6) is -0.665. The number of hydrogen-bond acceptors (Lipinski definition) is 3. The van der Waals surface area contributed by atoms with Gasteiger partial charge in [0.2, 0.25) is 0 Å². The highest BCUT2D eigenvalue weighted by atomic mass is 19.4. The Kier molecular flexibility index (Phi) is 6.35. The lowest BCUT2D eigenvalue weighted by Crippen LogP contribution is -2.27. The van der Waals surface area contributed by atoms with Gasteiger partial charge in [0.25, 0.3) is 11.8 Å². The molecule has 3 N–H and O–H groups in total. The third-order valence-electron chi connectivity index (χ3n) is 5.22. The van der Waals surface area contributed by atoms with Crippen molar-refractivity contribution in [3.63, 3.8) is 0 Å². The second kappa shape index (κ2) is 9.36. The molecule has 5 nitrogen and oxygen atoms in total. The van der Waals surface area contributed by atoms with Gasteiger partial charge < -0.3 is 16.0 Å². The minimum absolute atomic E-state index is 0.0460. The van der Waals surface area contributed by atoms with Gasteiger partial charge in [0.1, 0.15) is 6.04 Å². The van der Waals surface area contributed by atoms with Crippen molar-refractivity contribution in [2.24, 2.45) is 0 Å². The first-order valence-electron chi connectivity index (χ1n) is 10.5. The van der Waals surface area contributed by atoms with Gasteiger partial charge in [-0.15, -0.1) is 0 Å². The fourth-order valence-electron chi connectivity index (χ4n) is 3.31. The van der Waals surface area contributed by atoms with Gasteiger partial charge >= 0.3 is 6.18 Å². The van der Waals surface area contributed by atoms with E-state index in [2.05, 4.69) is 16.0 Å². The zero-order valence-electron chi connectivity index (χ0n) is 17.5. The van der Waals surface area contributed by atoms with Crippen molar-refractivity contribution in [2.45, 2.75) is 31.1 Å². The first-order chi connectivity index (χ1) is 15.8. The number of carbonyl (C=O) groups excluding carboxylic acids is 2. The Hall–Kier alpha value is -3.81. The Morgan fingerprint density at radius 2 is 1.55 bits per heavy atom. The second-order valence-corrected chi connectivity index (χ2v) is 7.88. The van der Waals surface area contributed by atoms with E-state index in [9.17, 15) is 22.8 Å². The maximum Gasteiger partial charge on any atom is 0.416 e. The number of rotatable bonds is 7. The molecule has 0 aliphatic heterocycles. The van der Waals surface area contributed by atoms with E-state index in [1.807, 2.05) is 0 Å². The summed E-state index contributed by atoms with van der Waals surface area (Å²) in [6.07, 6.45) is -2.53. The van der Waals surface area contributed by atoms with Crippen LogP contribution in [0.3, 0.4) is 0 Å². The molecule has 0 spiro atoms. The minimum Gasteiger partial charge on any atom is -0.370 e. The van der Waals surface area contributed by atoms with Gasteiger partial charge in [-0.05, 0) is 60.9 Å². The molecule has 3 aromatic rings. The number of hydrogen-bond donors (Lipinski definition) is 3. The number of halogens is 3. The molecule has 0 aromatic heterocycles. The van der Waals surface area contributed by atoms with Crippen LogP contribution in [-0.2, 0) is 11.0 Å². The fraction of sp³-hybridized carbons (Fsp3) is 0.200. The van der Waals surface area contributed by atoms with E-state index < -0.39 is 23.7 Å². The summed E-state index contributed by atoms with van der Waals surface area (Å²) >= 11 is 0. The fourth-order valence-corrected chi connectivity index (χ4v) is 3.31. The highest BCUT2D eigenvalue weighted by Gasteiger charge is 2.31. The topological polar surface area (TPSA) is 70.2 Å². The zero-order valence-corrected chi connectivity index (χ0v) is 17.5. The number of amides is 2. The van der Waals surface area contributed by atoms with Gasteiger partial charge in [-0.3, -0.25) is 9.59 Å². The highest BCUT2D eigenvalue weighted by molar-refractivity contribution is 5.98. The van der Waals surface area contributed by atoms with Crippen molar-refractivity contribution in [3.05, 3.63) is 95.6 Å².